The van der Waals surface area contributed by atoms with Crippen LogP contribution in [0.25, 0.3) is 11.0 Å². The zero-order chi connectivity index (χ0) is 13.9. The van der Waals surface area contributed by atoms with E-state index in [1.807, 2.05) is 0 Å². The monoisotopic (exact) mass is 292 g/mol. The molecule has 1 aromatic heterocycles. The maximum atomic E-state index is 5.92. The summed E-state index contributed by atoms with van der Waals surface area (Å²) in [6.45, 7) is 3.99. The van der Waals surface area contributed by atoms with E-state index in [-0.39, 0.29) is 0 Å². The fourth-order valence-corrected chi connectivity index (χ4v) is 3.13. The number of alkyl halides is 1. The molecular formula is C16H21ClN2O. The molecule has 3 rings (SSSR count). The predicted octanol–water partition coefficient (Wildman–Crippen LogP) is 3.70. The maximum absolute atomic E-state index is 5.92. The van der Waals surface area contributed by atoms with E-state index in [2.05, 4.69) is 29.7 Å². The second kappa shape index (κ2) is 6.15. The van der Waals surface area contributed by atoms with E-state index in [1.165, 1.54) is 23.9 Å². The molecule has 108 valence electrons. The van der Waals surface area contributed by atoms with Crippen LogP contribution in [0.5, 0.6) is 0 Å². The van der Waals surface area contributed by atoms with Gasteiger partial charge in [0.05, 0.1) is 17.1 Å². The molecule has 0 saturated carbocycles. The molecular weight excluding hydrogens is 272 g/mol. The first-order chi connectivity index (χ1) is 9.78. The van der Waals surface area contributed by atoms with Gasteiger partial charge in [-0.25, -0.2) is 4.98 Å². The lowest BCUT2D eigenvalue weighted by molar-refractivity contribution is 0.100. The topological polar surface area (TPSA) is 27.1 Å². The fourth-order valence-electron chi connectivity index (χ4n) is 2.96. The quantitative estimate of drug-likeness (QED) is 0.786. The number of fused-ring (bicyclic) bond motifs is 1. The molecule has 0 N–H and O–H groups in total. The summed E-state index contributed by atoms with van der Waals surface area (Å²) < 4.78 is 8.04. The SMILES string of the molecule is Cc1ccc2c(c1)nc(CCCl)n2CCC1CCCO1. The third kappa shape index (κ3) is 2.84. The number of nitrogens with zero attached hydrogens (tertiary/aromatic N) is 2. The predicted molar refractivity (Wildman–Crippen MR) is 82.5 cm³/mol. The molecule has 20 heavy (non-hydrogen) atoms. The molecule has 3 nitrogen and oxygen atoms in total. The van der Waals surface area contributed by atoms with Gasteiger partial charge in [-0.2, -0.15) is 0 Å². The number of benzene rings is 1. The van der Waals surface area contributed by atoms with Gasteiger partial charge in [-0.3, -0.25) is 0 Å². The number of hydrogen-bond donors (Lipinski definition) is 0. The van der Waals surface area contributed by atoms with E-state index in [0.29, 0.717) is 12.0 Å². The first kappa shape index (κ1) is 13.9. The average molecular weight is 293 g/mol. The number of aromatic nitrogens is 2. The Hall–Kier alpha value is -1.06. The van der Waals surface area contributed by atoms with Crippen molar-refractivity contribution in [3.05, 3.63) is 29.6 Å². The molecule has 1 aliphatic heterocycles. The first-order valence-corrected chi connectivity index (χ1v) is 7.94. The molecule has 1 saturated heterocycles. The molecule has 1 aromatic carbocycles. The van der Waals surface area contributed by atoms with Gasteiger partial charge < -0.3 is 9.30 Å². The zero-order valence-corrected chi connectivity index (χ0v) is 12.7. The first-order valence-electron chi connectivity index (χ1n) is 7.41. The summed E-state index contributed by atoms with van der Waals surface area (Å²) in [7, 11) is 0. The van der Waals surface area contributed by atoms with Crippen LogP contribution in [0, 0.1) is 6.92 Å². The molecule has 1 atom stereocenters. The summed E-state index contributed by atoms with van der Waals surface area (Å²) in [6.07, 6.45) is 4.69. The van der Waals surface area contributed by atoms with Gasteiger partial charge in [0.15, 0.2) is 0 Å². The van der Waals surface area contributed by atoms with Gasteiger partial charge >= 0.3 is 0 Å². The van der Waals surface area contributed by atoms with Gasteiger partial charge in [0.2, 0.25) is 0 Å². The lowest BCUT2D eigenvalue weighted by Crippen LogP contribution is -2.12. The smallest absolute Gasteiger partial charge is 0.111 e. The average Bonchev–Trinajstić information content (AvgIpc) is 3.04. The van der Waals surface area contributed by atoms with Crippen LogP contribution in [0.4, 0.5) is 0 Å². The summed E-state index contributed by atoms with van der Waals surface area (Å²) >= 11 is 5.92. The molecule has 0 aliphatic carbocycles. The highest BCUT2D eigenvalue weighted by Gasteiger charge is 2.17. The molecule has 1 fully saturated rings. The normalized spacial score (nSPS) is 19.0. The van der Waals surface area contributed by atoms with Crippen molar-refractivity contribution in [1.82, 2.24) is 9.55 Å². The van der Waals surface area contributed by atoms with Crippen molar-refractivity contribution >= 4 is 22.6 Å². The zero-order valence-electron chi connectivity index (χ0n) is 11.9. The molecule has 2 aromatic rings. The van der Waals surface area contributed by atoms with Crippen LogP contribution in [0.1, 0.15) is 30.7 Å². The molecule has 0 bridgehead atoms. The Morgan fingerprint density at radius 2 is 2.35 bits per heavy atom. The van der Waals surface area contributed by atoms with Crippen molar-refractivity contribution in [3.63, 3.8) is 0 Å². The van der Waals surface area contributed by atoms with E-state index >= 15 is 0 Å². The molecule has 4 heteroatoms. The molecule has 1 aliphatic rings. The Balaban J connectivity index is 1.87. The lowest BCUT2D eigenvalue weighted by atomic mass is 10.2. The van der Waals surface area contributed by atoms with Gasteiger partial charge in [-0.1, -0.05) is 6.07 Å². The van der Waals surface area contributed by atoms with Crippen molar-refractivity contribution in [2.75, 3.05) is 12.5 Å². The Morgan fingerprint density at radius 1 is 1.45 bits per heavy atom. The van der Waals surface area contributed by atoms with Gasteiger partial charge in [0.25, 0.3) is 0 Å². The number of ether oxygens (including phenoxy) is 1. The van der Waals surface area contributed by atoms with E-state index in [4.69, 9.17) is 21.3 Å². The van der Waals surface area contributed by atoms with Gasteiger partial charge in [0, 0.05) is 25.5 Å². The van der Waals surface area contributed by atoms with Crippen molar-refractivity contribution in [1.29, 1.82) is 0 Å². The summed E-state index contributed by atoms with van der Waals surface area (Å²) in [4.78, 5) is 4.75. The molecule has 0 amide bonds. The van der Waals surface area contributed by atoms with Gasteiger partial charge in [0.1, 0.15) is 5.82 Å². The number of aryl methyl sites for hydroxylation is 3. The third-order valence-corrected chi connectivity index (χ3v) is 4.19. The van der Waals surface area contributed by atoms with Crippen LogP contribution in [-0.2, 0) is 17.7 Å². The van der Waals surface area contributed by atoms with Crippen molar-refractivity contribution in [2.24, 2.45) is 0 Å². The third-order valence-electron chi connectivity index (χ3n) is 4.00. The van der Waals surface area contributed by atoms with Crippen LogP contribution >= 0.6 is 11.6 Å². The van der Waals surface area contributed by atoms with Gasteiger partial charge in [-0.05, 0) is 43.9 Å². The minimum atomic E-state index is 0.418. The number of hydrogen-bond acceptors (Lipinski definition) is 2. The number of rotatable bonds is 5. The summed E-state index contributed by atoms with van der Waals surface area (Å²) in [5.74, 6) is 1.71. The Bertz CT molecular complexity index is 587. The fraction of sp³-hybridized carbons (Fsp3) is 0.562. The standard InChI is InChI=1S/C16H21ClN2O/c1-12-4-5-15-14(11-12)18-16(6-8-17)19(15)9-7-13-3-2-10-20-13/h4-5,11,13H,2-3,6-10H2,1H3. The van der Waals surface area contributed by atoms with Crippen molar-refractivity contribution in [3.8, 4) is 0 Å². The lowest BCUT2D eigenvalue weighted by Gasteiger charge is -2.12. The highest BCUT2D eigenvalue weighted by molar-refractivity contribution is 6.17. The number of halogens is 1. The molecule has 0 radical (unpaired) electrons. The minimum Gasteiger partial charge on any atom is -0.378 e. The van der Waals surface area contributed by atoms with E-state index in [0.717, 1.165) is 37.3 Å². The van der Waals surface area contributed by atoms with Crippen LogP contribution in [-0.4, -0.2) is 28.1 Å². The van der Waals surface area contributed by atoms with Crippen LogP contribution in [0.2, 0.25) is 0 Å². The van der Waals surface area contributed by atoms with E-state index in [1.54, 1.807) is 0 Å². The molecule has 0 spiro atoms. The van der Waals surface area contributed by atoms with Crippen LogP contribution in [0.15, 0.2) is 18.2 Å². The van der Waals surface area contributed by atoms with E-state index < -0.39 is 0 Å². The summed E-state index contributed by atoms with van der Waals surface area (Å²) in [6, 6.07) is 6.47. The highest BCUT2D eigenvalue weighted by atomic mass is 35.5. The maximum Gasteiger partial charge on any atom is 0.111 e. The van der Waals surface area contributed by atoms with Crippen molar-refractivity contribution in [2.45, 2.75) is 45.3 Å². The highest BCUT2D eigenvalue weighted by Crippen LogP contribution is 2.22. The largest absolute Gasteiger partial charge is 0.378 e. The second-order valence-electron chi connectivity index (χ2n) is 5.53. The summed E-state index contributed by atoms with van der Waals surface area (Å²) in [5, 5.41) is 0. The Labute approximate surface area is 124 Å². The molecule has 2 heterocycles. The molecule has 1 unspecified atom stereocenters. The van der Waals surface area contributed by atoms with E-state index in [9.17, 15) is 0 Å². The minimum absolute atomic E-state index is 0.418. The van der Waals surface area contributed by atoms with Crippen LogP contribution < -0.4 is 0 Å². The van der Waals surface area contributed by atoms with Gasteiger partial charge in [-0.15, -0.1) is 11.6 Å². The van der Waals surface area contributed by atoms with Crippen LogP contribution in [0.3, 0.4) is 0 Å². The summed E-state index contributed by atoms with van der Waals surface area (Å²) in [5.41, 5.74) is 3.55. The second-order valence-corrected chi connectivity index (χ2v) is 5.91. The Morgan fingerprint density at radius 3 is 3.10 bits per heavy atom. The number of imidazole rings is 1. The Kier molecular flexibility index (Phi) is 4.27. The van der Waals surface area contributed by atoms with Crippen molar-refractivity contribution < 1.29 is 4.74 Å².